The largest absolute Gasteiger partial charge is 0.457 e. The monoisotopic (exact) mass is 295 g/mol. The van der Waals surface area contributed by atoms with Crippen LogP contribution in [-0.2, 0) is 0 Å². The standard InChI is InChI=1S/C14H11Cl2NO2/c1-8(18)11-4-2-10(7-14(11)17)19-9-3-5-12(15)13(16)6-9/h2-7H,17H2,1H3. The number of ether oxygens (including phenoxy) is 1. The Morgan fingerprint density at radius 2 is 1.68 bits per heavy atom. The van der Waals surface area contributed by atoms with Crippen LogP contribution in [0.2, 0.25) is 10.0 Å². The highest BCUT2D eigenvalue weighted by molar-refractivity contribution is 6.42. The van der Waals surface area contributed by atoms with Crippen molar-refractivity contribution < 1.29 is 9.53 Å². The lowest BCUT2D eigenvalue weighted by Crippen LogP contribution is -1.99. The number of ketones is 1. The fraction of sp³-hybridized carbons (Fsp3) is 0.0714. The summed E-state index contributed by atoms with van der Waals surface area (Å²) in [6.45, 7) is 1.46. The number of halogens is 2. The molecule has 0 atom stereocenters. The van der Waals surface area contributed by atoms with Crippen LogP contribution in [0.15, 0.2) is 36.4 Å². The van der Waals surface area contributed by atoms with E-state index in [0.29, 0.717) is 32.8 Å². The number of Topliss-reactive ketones (excluding diaryl/α,β-unsaturated/α-hetero) is 1. The summed E-state index contributed by atoms with van der Waals surface area (Å²) in [7, 11) is 0. The molecule has 0 aliphatic carbocycles. The van der Waals surface area contributed by atoms with Crippen molar-refractivity contribution in [2.75, 3.05) is 5.73 Å². The molecule has 19 heavy (non-hydrogen) atoms. The van der Waals surface area contributed by atoms with Crippen LogP contribution in [-0.4, -0.2) is 5.78 Å². The molecule has 2 aromatic rings. The van der Waals surface area contributed by atoms with Gasteiger partial charge in [0.25, 0.3) is 0 Å². The van der Waals surface area contributed by atoms with Gasteiger partial charge in [0.15, 0.2) is 5.78 Å². The molecule has 0 unspecified atom stereocenters. The molecule has 0 amide bonds. The lowest BCUT2D eigenvalue weighted by molar-refractivity contribution is 0.101. The highest BCUT2D eigenvalue weighted by atomic mass is 35.5. The Bertz CT molecular complexity index is 641. The summed E-state index contributed by atoms with van der Waals surface area (Å²) in [6, 6.07) is 9.86. The first-order chi connectivity index (χ1) is 8.97. The van der Waals surface area contributed by atoms with Gasteiger partial charge in [-0.2, -0.15) is 0 Å². The Morgan fingerprint density at radius 1 is 1.05 bits per heavy atom. The quantitative estimate of drug-likeness (QED) is 0.666. The molecule has 0 aliphatic heterocycles. The van der Waals surface area contributed by atoms with Crippen molar-refractivity contribution in [2.45, 2.75) is 6.92 Å². The molecule has 0 spiro atoms. The number of nitrogen functional groups attached to an aromatic ring is 1. The second-order valence-corrected chi connectivity index (χ2v) is 4.80. The Labute approximate surface area is 120 Å². The van der Waals surface area contributed by atoms with E-state index in [1.807, 2.05) is 0 Å². The number of hydrogen-bond acceptors (Lipinski definition) is 3. The molecule has 0 bridgehead atoms. The molecule has 0 fully saturated rings. The highest BCUT2D eigenvalue weighted by Gasteiger charge is 2.07. The summed E-state index contributed by atoms with van der Waals surface area (Å²) in [5.74, 6) is 0.990. The minimum absolute atomic E-state index is 0.0846. The van der Waals surface area contributed by atoms with Gasteiger partial charge in [0.2, 0.25) is 0 Å². The lowest BCUT2D eigenvalue weighted by atomic mass is 10.1. The normalized spacial score (nSPS) is 10.3. The molecule has 0 aromatic heterocycles. The minimum atomic E-state index is -0.0846. The molecule has 98 valence electrons. The summed E-state index contributed by atoms with van der Waals surface area (Å²) in [4.78, 5) is 11.3. The van der Waals surface area contributed by atoms with Crippen LogP contribution in [0.3, 0.4) is 0 Å². The highest BCUT2D eigenvalue weighted by Crippen LogP contribution is 2.30. The van der Waals surface area contributed by atoms with E-state index in [1.165, 1.54) is 6.92 Å². The van der Waals surface area contributed by atoms with Gasteiger partial charge in [0, 0.05) is 23.4 Å². The number of carbonyl (C=O) groups is 1. The molecular weight excluding hydrogens is 285 g/mol. The van der Waals surface area contributed by atoms with Crippen LogP contribution < -0.4 is 10.5 Å². The third kappa shape index (κ3) is 3.19. The molecule has 2 N–H and O–H groups in total. The lowest BCUT2D eigenvalue weighted by Gasteiger charge is -2.09. The van der Waals surface area contributed by atoms with Crippen LogP contribution in [0, 0.1) is 0 Å². The van der Waals surface area contributed by atoms with Crippen LogP contribution in [0.4, 0.5) is 5.69 Å². The summed E-state index contributed by atoms with van der Waals surface area (Å²) in [5.41, 5.74) is 6.64. The van der Waals surface area contributed by atoms with Gasteiger partial charge in [-0.25, -0.2) is 0 Å². The van der Waals surface area contributed by atoms with Gasteiger partial charge < -0.3 is 10.5 Å². The van der Waals surface area contributed by atoms with E-state index in [4.69, 9.17) is 33.7 Å². The van der Waals surface area contributed by atoms with Gasteiger partial charge in [-0.1, -0.05) is 23.2 Å². The third-order valence-electron chi connectivity index (χ3n) is 2.53. The van der Waals surface area contributed by atoms with Crippen molar-refractivity contribution in [3.05, 3.63) is 52.0 Å². The first-order valence-corrected chi connectivity index (χ1v) is 6.26. The van der Waals surface area contributed by atoms with Crippen LogP contribution in [0.5, 0.6) is 11.5 Å². The molecule has 0 aliphatic rings. The second kappa shape index (κ2) is 5.51. The first-order valence-electron chi connectivity index (χ1n) is 5.51. The number of rotatable bonds is 3. The summed E-state index contributed by atoms with van der Waals surface area (Å²) < 4.78 is 5.60. The van der Waals surface area contributed by atoms with E-state index < -0.39 is 0 Å². The number of anilines is 1. The number of carbonyl (C=O) groups excluding carboxylic acids is 1. The van der Waals surface area contributed by atoms with E-state index in [2.05, 4.69) is 0 Å². The van der Waals surface area contributed by atoms with Crippen LogP contribution >= 0.6 is 23.2 Å². The van der Waals surface area contributed by atoms with Gasteiger partial charge in [-0.05, 0) is 31.2 Å². The summed E-state index contributed by atoms with van der Waals surface area (Å²) >= 11 is 11.7. The zero-order chi connectivity index (χ0) is 14.0. The number of nitrogens with two attached hydrogens (primary N) is 1. The maximum absolute atomic E-state index is 11.3. The second-order valence-electron chi connectivity index (χ2n) is 3.98. The maximum Gasteiger partial charge on any atom is 0.161 e. The predicted octanol–water partition coefficient (Wildman–Crippen LogP) is 4.57. The summed E-state index contributed by atoms with van der Waals surface area (Å²) in [6.07, 6.45) is 0. The minimum Gasteiger partial charge on any atom is -0.457 e. The number of hydrogen-bond donors (Lipinski definition) is 1. The summed E-state index contributed by atoms with van der Waals surface area (Å²) in [5, 5.41) is 0.868. The Kier molecular flexibility index (Phi) is 3.98. The van der Waals surface area contributed by atoms with Crippen molar-refractivity contribution in [1.82, 2.24) is 0 Å². The maximum atomic E-state index is 11.3. The van der Waals surface area contributed by atoms with Crippen molar-refractivity contribution in [2.24, 2.45) is 0 Å². The van der Waals surface area contributed by atoms with Crippen LogP contribution in [0.1, 0.15) is 17.3 Å². The molecule has 0 heterocycles. The number of benzene rings is 2. The van der Waals surface area contributed by atoms with E-state index in [0.717, 1.165) is 0 Å². The predicted molar refractivity (Wildman–Crippen MR) is 77.4 cm³/mol. The average Bonchev–Trinajstić information content (AvgIpc) is 2.33. The Hall–Kier alpha value is -1.71. The van der Waals surface area contributed by atoms with E-state index in [-0.39, 0.29) is 5.78 Å². The van der Waals surface area contributed by atoms with Gasteiger partial charge in [-0.15, -0.1) is 0 Å². The molecule has 2 aromatic carbocycles. The van der Waals surface area contributed by atoms with Crippen molar-refractivity contribution in [3.8, 4) is 11.5 Å². The molecule has 3 nitrogen and oxygen atoms in total. The van der Waals surface area contributed by atoms with E-state index in [9.17, 15) is 4.79 Å². The molecule has 5 heteroatoms. The Balaban J connectivity index is 2.26. The molecule has 0 saturated heterocycles. The molecular formula is C14H11Cl2NO2. The van der Waals surface area contributed by atoms with Crippen molar-refractivity contribution in [3.63, 3.8) is 0 Å². The van der Waals surface area contributed by atoms with Gasteiger partial charge in [-0.3, -0.25) is 4.79 Å². The van der Waals surface area contributed by atoms with Crippen LogP contribution in [0.25, 0.3) is 0 Å². The Morgan fingerprint density at radius 3 is 2.26 bits per heavy atom. The zero-order valence-corrected chi connectivity index (χ0v) is 11.6. The topological polar surface area (TPSA) is 52.3 Å². The fourth-order valence-corrected chi connectivity index (χ4v) is 1.89. The molecule has 2 rings (SSSR count). The molecule has 0 radical (unpaired) electrons. The third-order valence-corrected chi connectivity index (χ3v) is 3.27. The SMILES string of the molecule is CC(=O)c1ccc(Oc2ccc(Cl)c(Cl)c2)cc1N. The first kappa shape index (κ1) is 13.7. The van der Waals surface area contributed by atoms with E-state index >= 15 is 0 Å². The fourth-order valence-electron chi connectivity index (χ4n) is 1.60. The van der Waals surface area contributed by atoms with Crippen molar-refractivity contribution in [1.29, 1.82) is 0 Å². The smallest absolute Gasteiger partial charge is 0.161 e. The molecule has 0 saturated carbocycles. The zero-order valence-electron chi connectivity index (χ0n) is 10.1. The van der Waals surface area contributed by atoms with Gasteiger partial charge in [0.1, 0.15) is 11.5 Å². The van der Waals surface area contributed by atoms with Gasteiger partial charge in [0.05, 0.1) is 10.0 Å². The van der Waals surface area contributed by atoms with Gasteiger partial charge >= 0.3 is 0 Å². The average molecular weight is 296 g/mol. The van der Waals surface area contributed by atoms with Crippen molar-refractivity contribution >= 4 is 34.7 Å². The van der Waals surface area contributed by atoms with E-state index in [1.54, 1.807) is 36.4 Å².